The van der Waals surface area contributed by atoms with Crippen molar-refractivity contribution in [3.63, 3.8) is 0 Å². The number of sulfonamides is 1. The van der Waals surface area contributed by atoms with Crippen molar-refractivity contribution in [2.24, 2.45) is 13.0 Å². The molecule has 3 rings (SSSR count). The molecule has 0 radical (unpaired) electrons. The van der Waals surface area contributed by atoms with Crippen molar-refractivity contribution in [1.29, 1.82) is 0 Å². The first-order chi connectivity index (χ1) is 9.89. The molecule has 0 bridgehead atoms. The van der Waals surface area contributed by atoms with Gasteiger partial charge >= 0.3 is 0 Å². The molecule has 2 aliphatic rings. The summed E-state index contributed by atoms with van der Waals surface area (Å²) in [5.41, 5.74) is 0. The normalized spacial score (nSPS) is 27.2. The molecule has 8 nitrogen and oxygen atoms in total. The van der Waals surface area contributed by atoms with Crippen molar-refractivity contribution in [2.45, 2.75) is 30.3 Å². The lowest BCUT2D eigenvalue weighted by Gasteiger charge is -2.40. The van der Waals surface area contributed by atoms with E-state index in [2.05, 4.69) is 31.6 Å². The van der Waals surface area contributed by atoms with Crippen LogP contribution >= 0.6 is 15.9 Å². The van der Waals surface area contributed by atoms with E-state index < -0.39 is 10.0 Å². The smallest absolute Gasteiger partial charge is 0.263 e. The fourth-order valence-electron chi connectivity index (χ4n) is 3.01. The fraction of sp³-hybridized carbons (Fsp3) is 0.727. The summed E-state index contributed by atoms with van der Waals surface area (Å²) in [5.74, 6) is 0.234. The number of piperidine rings is 2. The number of hydrogen-bond acceptors (Lipinski definition) is 5. The number of rotatable bonds is 2. The van der Waals surface area contributed by atoms with Gasteiger partial charge in [0.15, 0.2) is 4.60 Å². The lowest BCUT2D eigenvalue weighted by atomic mass is 9.86. The Morgan fingerprint density at radius 3 is 2.81 bits per heavy atom. The van der Waals surface area contributed by atoms with Gasteiger partial charge in [0, 0.05) is 32.6 Å². The topological polar surface area (TPSA) is 97.2 Å². The van der Waals surface area contributed by atoms with Crippen molar-refractivity contribution in [3.8, 4) is 0 Å². The van der Waals surface area contributed by atoms with Crippen molar-refractivity contribution in [3.05, 3.63) is 4.60 Å². The monoisotopic (exact) mass is 377 g/mol. The van der Waals surface area contributed by atoms with Gasteiger partial charge in [0.25, 0.3) is 10.0 Å². The first-order valence-electron chi connectivity index (χ1n) is 6.74. The molecule has 2 atom stereocenters. The van der Waals surface area contributed by atoms with Crippen LogP contribution in [-0.2, 0) is 21.9 Å². The highest BCUT2D eigenvalue weighted by atomic mass is 79.9. The van der Waals surface area contributed by atoms with Crippen LogP contribution in [0.3, 0.4) is 0 Å². The summed E-state index contributed by atoms with van der Waals surface area (Å²) in [6.45, 7) is 0.812. The molecule has 0 spiro atoms. The molecule has 0 aliphatic carbocycles. The second kappa shape index (κ2) is 5.33. The number of aryl methyl sites for hydroxylation is 1. The summed E-state index contributed by atoms with van der Waals surface area (Å²) in [6, 6.07) is 0.0887. The summed E-state index contributed by atoms with van der Waals surface area (Å²) in [5, 5.41) is 10.5. The Morgan fingerprint density at radius 2 is 2.14 bits per heavy atom. The molecule has 2 aliphatic heterocycles. The minimum atomic E-state index is -3.63. The number of hydrogen-bond donors (Lipinski definition) is 1. The molecule has 1 aromatic heterocycles. The van der Waals surface area contributed by atoms with Crippen LogP contribution in [0.4, 0.5) is 0 Å². The third kappa shape index (κ3) is 2.59. The van der Waals surface area contributed by atoms with Gasteiger partial charge in [-0.3, -0.25) is 4.79 Å². The molecule has 2 fully saturated rings. The van der Waals surface area contributed by atoms with Gasteiger partial charge in [-0.05, 0) is 34.7 Å². The molecule has 3 heterocycles. The van der Waals surface area contributed by atoms with E-state index in [4.69, 9.17) is 0 Å². The summed E-state index contributed by atoms with van der Waals surface area (Å²) in [4.78, 5) is 11.4. The molecule has 0 saturated carbocycles. The summed E-state index contributed by atoms with van der Waals surface area (Å²) >= 11 is 3.14. The minimum Gasteiger partial charge on any atom is -0.353 e. The van der Waals surface area contributed by atoms with E-state index >= 15 is 0 Å². The molecule has 21 heavy (non-hydrogen) atoms. The third-order valence-corrected chi connectivity index (χ3v) is 6.86. The van der Waals surface area contributed by atoms with E-state index in [-0.39, 0.29) is 27.5 Å². The predicted molar refractivity (Wildman–Crippen MR) is 76.7 cm³/mol. The number of aromatic nitrogens is 3. The van der Waals surface area contributed by atoms with E-state index in [0.29, 0.717) is 25.9 Å². The van der Waals surface area contributed by atoms with Gasteiger partial charge in [0.05, 0.1) is 0 Å². The van der Waals surface area contributed by atoms with Gasteiger partial charge < -0.3 is 5.32 Å². The van der Waals surface area contributed by atoms with Crippen LogP contribution in [0.5, 0.6) is 0 Å². The second-order valence-corrected chi connectivity index (χ2v) is 8.04. The van der Waals surface area contributed by atoms with Crippen LogP contribution in [0, 0.1) is 5.92 Å². The lowest BCUT2D eigenvalue weighted by molar-refractivity contribution is -0.124. The molecule has 1 N–H and O–H groups in total. The zero-order valence-electron chi connectivity index (χ0n) is 11.5. The fourth-order valence-corrected chi connectivity index (χ4v) is 5.56. The van der Waals surface area contributed by atoms with Crippen LogP contribution in [0.2, 0.25) is 0 Å². The third-order valence-electron chi connectivity index (χ3n) is 4.11. The standard InChI is InChI=1S/C11H16BrN5O3S/c1-16-11(10(12)14-15-16)21(19,20)17-5-4-8-7(6-17)2-3-9(18)13-8/h7-8H,2-6H2,1H3,(H,13,18). The van der Waals surface area contributed by atoms with Crippen molar-refractivity contribution >= 4 is 31.9 Å². The van der Waals surface area contributed by atoms with Crippen LogP contribution in [-0.4, -0.2) is 52.8 Å². The van der Waals surface area contributed by atoms with Gasteiger partial charge in [0.2, 0.25) is 10.9 Å². The molecule has 116 valence electrons. The maximum Gasteiger partial charge on any atom is 0.263 e. The number of fused-ring (bicyclic) bond motifs is 1. The molecule has 1 aromatic rings. The summed E-state index contributed by atoms with van der Waals surface area (Å²) in [6.07, 6.45) is 1.83. The Labute approximate surface area is 131 Å². The highest BCUT2D eigenvalue weighted by Gasteiger charge is 2.40. The van der Waals surface area contributed by atoms with Gasteiger partial charge in [-0.2, -0.15) is 4.31 Å². The predicted octanol–water partition coefficient (Wildman–Crippen LogP) is -0.133. The number of carbonyl (C=O) groups excluding carboxylic acids is 1. The van der Waals surface area contributed by atoms with Crippen molar-refractivity contribution in [2.75, 3.05) is 13.1 Å². The van der Waals surface area contributed by atoms with Crippen molar-refractivity contribution in [1.82, 2.24) is 24.6 Å². The van der Waals surface area contributed by atoms with Crippen molar-refractivity contribution < 1.29 is 13.2 Å². The van der Waals surface area contributed by atoms with Crippen LogP contribution in [0.25, 0.3) is 0 Å². The van der Waals surface area contributed by atoms with Gasteiger partial charge in [-0.1, -0.05) is 5.21 Å². The highest BCUT2D eigenvalue weighted by molar-refractivity contribution is 9.10. The molecule has 1 amide bonds. The van der Waals surface area contributed by atoms with Gasteiger partial charge in [0.1, 0.15) is 0 Å². The lowest BCUT2D eigenvalue weighted by Crippen LogP contribution is -2.55. The molecular formula is C11H16BrN5O3S. The first-order valence-corrected chi connectivity index (χ1v) is 8.97. The Balaban J connectivity index is 1.84. The largest absolute Gasteiger partial charge is 0.353 e. The van der Waals surface area contributed by atoms with E-state index in [9.17, 15) is 13.2 Å². The Hall–Kier alpha value is -1.00. The van der Waals surface area contributed by atoms with E-state index in [1.54, 1.807) is 7.05 Å². The Morgan fingerprint density at radius 1 is 1.38 bits per heavy atom. The van der Waals surface area contributed by atoms with E-state index in [1.165, 1.54) is 8.99 Å². The zero-order valence-corrected chi connectivity index (χ0v) is 13.9. The number of nitrogens with one attached hydrogen (secondary N) is 1. The van der Waals surface area contributed by atoms with Crippen LogP contribution in [0.15, 0.2) is 9.63 Å². The first kappa shape index (κ1) is 14.9. The number of halogens is 1. The maximum atomic E-state index is 12.7. The minimum absolute atomic E-state index is 0.0612. The summed E-state index contributed by atoms with van der Waals surface area (Å²) in [7, 11) is -2.08. The van der Waals surface area contributed by atoms with Gasteiger partial charge in [-0.15, -0.1) is 5.10 Å². The maximum absolute atomic E-state index is 12.7. The summed E-state index contributed by atoms with van der Waals surface area (Å²) < 4.78 is 28.4. The molecule has 0 aromatic carbocycles. The van der Waals surface area contributed by atoms with Gasteiger partial charge in [-0.25, -0.2) is 13.1 Å². The highest BCUT2D eigenvalue weighted by Crippen LogP contribution is 2.30. The molecule has 2 saturated heterocycles. The molecule has 10 heteroatoms. The molecule has 2 unspecified atom stereocenters. The average molecular weight is 378 g/mol. The number of amides is 1. The average Bonchev–Trinajstić information content (AvgIpc) is 2.78. The Kier molecular flexibility index (Phi) is 3.78. The van der Waals surface area contributed by atoms with Crippen LogP contribution < -0.4 is 5.32 Å². The van der Waals surface area contributed by atoms with E-state index in [1.807, 2.05) is 0 Å². The number of nitrogens with zero attached hydrogens (tertiary/aromatic N) is 4. The second-order valence-electron chi connectivity index (χ2n) is 5.43. The molecular weight excluding hydrogens is 362 g/mol. The van der Waals surface area contributed by atoms with Crippen LogP contribution in [0.1, 0.15) is 19.3 Å². The van der Waals surface area contributed by atoms with E-state index in [0.717, 1.165) is 6.42 Å². The Bertz CT molecular complexity index is 654. The number of carbonyl (C=O) groups is 1. The zero-order chi connectivity index (χ0) is 15.2. The SMILES string of the molecule is Cn1nnc(Br)c1S(=O)(=O)N1CCC2NC(=O)CCC2C1. The quantitative estimate of drug-likeness (QED) is 0.773.